The van der Waals surface area contributed by atoms with Gasteiger partial charge in [0.15, 0.2) is 0 Å². The lowest BCUT2D eigenvalue weighted by Crippen LogP contribution is -2.61. The van der Waals surface area contributed by atoms with Crippen LogP contribution in [-0.2, 0) is 47.4 Å². The van der Waals surface area contributed by atoms with Crippen molar-refractivity contribution in [3.8, 4) is 0 Å². The second-order valence-electron chi connectivity index (χ2n) is 14.6. The van der Waals surface area contributed by atoms with Gasteiger partial charge < -0.3 is 47.4 Å². The Morgan fingerprint density at radius 3 is 0.884 bits per heavy atom. The minimum Gasteiger partial charge on any atom is -0.384 e. The number of ether oxygens (including phenoxy) is 10. The van der Waals surface area contributed by atoms with Crippen molar-refractivity contribution < 1.29 is 47.4 Å². The largest absolute Gasteiger partial charge is 0.384 e. The van der Waals surface area contributed by atoms with Gasteiger partial charge in [-0.15, -0.1) is 0 Å². The first-order valence-corrected chi connectivity index (χ1v) is 15.1. The van der Waals surface area contributed by atoms with Crippen molar-refractivity contribution in [1.82, 2.24) is 0 Å². The van der Waals surface area contributed by atoms with E-state index in [9.17, 15) is 0 Å². The smallest absolute Gasteiger partial charge is 0.0756 e. The molecule has 43 heavy (non-hydrogen) atoms. The summed E-state index contributed by atoms with van der Waals surface area (Å²) in [5.41, 5.74) is -4.15. The van der Waals surface area contributed by atoms with Crippen LogP contribution in [0.5, 0.6) is 0 Å². The lowest BCUT2D eigenvalue weighted by Gasteiger charge is -2.54. The van der Waals surface area contributed by atoms with E-state index in [1.165, 1.54) is 0 Å². The van der Waals surface area contributed by atoms with E-state index in [4.69, 9.17) is 47.4 Å². The average molecular weight is 625 g/mol. The van der Waals surface area contributed by atoms with Crippen LogP contribution >= 0.6 is 0 Å². The quantitative estimate of drug-likeness (QED) is 0.130. The van der Waals surface area contributed by atoms with Crippen LogP contribution in [0, 0.1) is 16.2 Å². The molecule has 0 heterocycles. The van der Waals surface area contributed by atoms with Gasteiger partial charge in [0, 0.05) is 67.7 Å². The fourth-order valence-electron chi connectivity index (χ4n) is 7.32. The van der Waals surface area contributed by atoms with Gasteiger partial charge in [0.05, 0.1) is 80.7 Å². The number of rotatable bonds is 26. The minimum absolute atomic E-state index is 0.386. The van der Waals surface area contributed by atoms with E-state index in [1.807, 2.05) is 0 Å². The first kappa shape index (κ1) is 42.6. The summed E-state index contributed by atoms with van der Waals surface area (Å²) >= 11 is 0. The van der Waals surface area contributed by atoms with Crippen LogP contribution in [-0.4, -0.2) is 132 Å². The van der Waals surface area contributed by atoms with Crippen LogP contribution in [0.2, 0.25) is 0 Å². The molecular weight excluding hydrogens is 556 g/mol. The molecule has 0 aliphatic carbocycles. The van der Waals surface area contributed by atoms with E-state index in [0.29, 0.717) is 65.7 Å². The van der Waals surface area contributed by atoms with E-state index in [0.717, 1.165) is 0 Å². The van der Waals surface area contributed by atoms with Crippen molar-refractivity contribution in [2.45, 2.75) is 90.6 Å². The molecule has 0 N–H and O–H groups in total. The molecule has 0 amide bonds. The predicted octanol–water partition coefficient (Wildman–Crippen LogP) is 5.04. The second kappa shape index (κ2) is 18.1. The molecule has 0 saturated carbocycles. The molecule has 0 radical (unpaired) electrons. The molecule has 260 valence electrons. The Morgan fingerprint density at radius 1 is 0.326 bits per heavy atom. The minimum atomic E-state index is -0.713. The zero-order valence-corrected chi connectivity index (χ0v) is 30.7. The summed E-state index contributed by atoms with van der Waals surface area (Å²) in [5.74, 6) is 0. The van der Waals surface area contributed by atoms with Crippen LogP contribution in [0.4, 0.5) is 0 Å². The highest BCUT2D eigenvalue weighted by Gasteiger charge is 2.55. The lowest BCUT2D eigenvalue weighted by molar-refractivity contribution is -0.261. The van der Waals surface area contributed by atoms with Gasteiger partial charge in [-0.1, -0.05) is 0 Å². The molecule has 0 unspecified atom stereocenters. The number of hydrogen-bond donors (Lipinski definition) is 0. The second-order valence-corrected chi connectivity index (χ2v) is 14.6. The molecule has 0 aliphatic rings. The molecule has 10 heteroatoms. The van der Waals surface area contributed by atoms with Gasteiger partial charge in [-0.2, -0.15) is 0 Å². The Kier molecular flexibility index (Phi) is 17.9. The van der Waals surface area contributed by atoms with Crippen molar-refractivity contribution in [1.29, 1.82) is 0 Å². The third-order valence-corrected chi connectivity index (χ3v) is 8.64. The van der Waals surface area contributed by atoms with Gasteiger partial charge in [-0.25, -0.2) is 0 Å². The maximum absolute atomic E-state index is 7.11. The number of methoxy groups -OCH3 is 8. The molecule has 0 aromatic carbocycles. The SMILES string of the molecule is COCC(COC)(COC)CC(C)(C)OC(C)(C)C(COC)(COC)CC(C)(C)OC(C)(C)C(COC)(COC)COC. The van der Waals surface area contributed by atoms with Crippen LogP contribution < -0.4 is 0 Å². The van der Waals surface area contributed by atoms with Gasteiger partial charge in [-0.3, -0.25) is 0 Å². The van der Waals surface area contributed by atoms with Gasteiger partial charge in [0.2, 0.25) is 0 Å². The molecule has 0 aliphatic heterocycles. The van der Waals surface area contributed by atoms with Gasteiger partial charge in [0.25, 0.3) is 0 Å². The molecule has 0 fully saturated rings. The zero-order valence-electron chi connectivity index (χ0n) is 30.7. The van der Waals surface area contributed by atoms with Gasteiger partial charge in [0.1, 0.15) is 0 Å². The van der Waals surface area contributed by atoms with Crippen molar-refractivity contribution in [3.05, 3.63) is 0 Å². The summed E-state index contributed by atoms with van der Waals surface area (Å²) in [5, 5.41) is 0. The van der Waals surface area contributed by atoms with Crippen LogP contribution in [0.3, 0.4) is 0 Å². The van der Waals surface area contributed by atoms with Crippen molar-refractivity contribution in [2.24, 2.45) is 16.2 Å². The third-order valence-electron chi connectivity index (χ3n) is 8.64. The van der Waals surface area contributed by atoms with Crippen molar-refractivity contribution in [3.63, 3.8) is 0 Å². The molecule has 0 bridgehead atoms. The van der Waals surface area contributed by atoms with E-state index in [1.54, 1.807) is 56.9 Å². The molecule has 10 nitrogen and oxygen atoms in total. The average Bonchev–Trinajstić information content (AvgIpc) is 2.83. The van der Waals surface area contributed by atoms with E-state index >= 15 is 0 Å². The molecule has 0 spiro atoms. The Labute approximate surface area is 264 Å². The summed E-state index contributed by atoms with van der Waals surface area (Å²) in [6, 6.07) is 0. The Morgan fingerprint density at radius 2 is 0.581 bits per heavy atom. The monoisotopic (exact) mass is 624 g/mol. The molecule has 0 rings (SSSR count). The standard InChI is InChI=1S/C33H68O10/c1-27(2,17-31(19-34-9,20-35-10)21-36-11)42-29(5,6)32(22-37-12,23-38-13)18-28(3,4)43-30(7,8)33(24-39-14,25-40-15)26-41-16/h17-26H2,1-16H3. The highest BCUT2D eigenvalue weighted by atomic mass is 16.6. The Balaban J connectivity index is 6.62. The summed E-state index contributed by atoms with van der Waals surface area (Å²) < 4.78 is 59.8. The molecule has 0 aromatic rings. The fourth-order valence-corrected chi connectivity index (χ4v) is 7.32. The summed E-state index contributed by atoms with van der Waals surface area (Å²) in [4.78, 5) is 0. The van der Waals surface area contributed by atoms with Gasteiger partial charge >= 0.3 is 0 Å². The highest BCUT2D eigenvalue weighted by molar-refractivity contribution is 5.03. The molecular formula is C33H68O10. The first-order chi connectivity index (χ1) is 19.8. The summed E-state index contributed by atoms with van der Waals surface area (Å²) in [6.07, 6.45) is 1.23. The van der Waals surface area contributed by atoms with Crippen LogP contribution in [0.1, 0.15) is 68.2 Å². The zero-order chi connectivity index (χ0) is 33.6. The summed E-state index contributed by atoms with van der Waals surface area (Å²) in [6.45, 7) is 20.3. The van der Waals surface area contributed by atoms with Crippen molar-refractivity contribution >= 4 is 0 Å². The van der Waals surface area contributed by atoms with Crippen LogP contribution in [0.15, 0.2) is 0 Å². The van der Waals surface area contributed by atoms with E-state index in [-0.39, 0.29) is 5.41 Å². The highest BCUT2D eigenvalue weighted by Crippen LogP contribution is 2.48. The molecule has 0 aromatic heterocycles. The molecule has 0 atom stereocenters. The third kappa shape index (κ3) is 12.0. The molecule has 0 saturated heterocycles. The van der Waals surface area contributed by atoms with E-state index in [2.05, 4.69) is 55.4 Å². The maximum atomic E-state index is 7.11. The van der Waals surface area contributed by atoms with Gasteiger partial charge in [-0.05, 0) is 68.2 Å². The Bertz CT molecular complexity index is 710. The fraction of sp³-hybridized carbons (Fsp3) is 1.00. The predicted molar refractivity (Wildman–Crippen MR) is 170 cm³/mol. The topological polar surface area (TPSA) is 92.3 Å². The summed E-state index contributed by atoms with van der Waals surface area (Å²) in [7, 11) is 13.6. The first-order valence-electron chi connectivity index (χ1n) is 15.1. The van der Waals surface area contributed by atoms with E-state index < -0.39 is 33.2 Å². The van der Waals surface area contributed by atoms with Crippen molar-refractivity contribution in [2.75, 3.05) is 110 Å². The Hall–Kier alpha value is -0.400. The lowest BCUT2D eigenvalue weighted by atomic mass is 9.67. The maximum Gasteiger partial charge on any atom is 0.0756 e. The van der Waals surface area contributed by atoms with Crippen LogP contribution in [0.25, 0.3) is 0 Å². The number of hydrogen-bond acceptors (Lipinski definition) is 10. The normalized spacial score (nSPS) is 14.5.